The SMILES string of the molecule is Cc1ccc(-n2nnc(C(=O)N3CCC[C@@H]3CO)c2C)cc1. The fourth-order valence-electron chi connectivity index (χ4n) is 2.89. The molecular formula is C16H20N4O2. The van der Waals surface area contributed by atoms with E-state index in [9.17, 15) is 9.90 Å². The third-order valence-electron chi connectivity index (χ3n) is 4.22. The Morgan fingerprint density at radius 3 is 2.73 bits per heavy atom. The van der Waals surface area contributed by atoms with Gasteiger partial charge in [0.25, 0.3) is 5.91 Å². The molecule has 0 spiro atoms. The van der Waals surface area contributed by atoms with Crippen LogP contribution in [0.15, 0.2) is 24.3 Å². The van der Waals surface area contributed by atoms with E-state index in [-0.39, 0.29) is 18.6 Å². The van der Waals surface area contributed by atoms with Crippen molar-refractivity contribution in [2.75, 3.05) is 13.2 Å². The summed E-state index contributed by atoms with van der Waals surface area (Å²) in [6.07, 6.45) is 1.76. The fraction of sp³-hybridized carbons (Fsp3) is 0.438. The lowest BCUT2D eigenvalue weighted by molar-refractivity contribution is 0.0671. The first-order valence-corrected chi connectivity index (χ1v) is 7.53. The maximum atomic E-state index is 12.6. The number of aryl methyl sites for hydroxylation is 1. The lowest BCUT2D eigenvalue weighted by Crippen LogP contribution is -2.38. The topological polar surface area (TPSA) is 71.2 Å². The molecule has 1 atom stereocenters. The van der Waals surface area contributed by atoms with Crippen molar-refractivity contribution in [3.8, 4) is 5.69 Å². The summed E-state index contributed by atoms with van der Waals surface area (Å²) < 4.78 is 1.68. The second kappa shape index (κ2) is 5.88. The molecule has 2 heterocycles. The lowest BCUT2D eigenvalue weighted by Gasteiger charge is -2.22. The predicted octanol–water partition coefficient (Wildman–Crippen LogP) is 1.48. The van der Waals surface area contributed by atoms with Crippen molar-refractivity contribution in [1.82, 2.24) is 19.9 Å². The number of likely N-dealkylation sites (tertiary alicyclic amines) is 1. The predicted molar refractivity (Wildman–Crippen MR) is 82.0 cm³/mol. The number of hydrogen-bond acceptors (Lipinski definition) is 4. The Balaban J connectivity index is 1.90. The first kappa shape index (κ1) is 14.7. The molecule has 1 aliphatic heterocycles. The zero-order valence-corrected chi connectivity index (χ0v) is 12.9. The molecule has 6 heteroatoms. The van der Waals surface area contributed by atoms with E-state index in [4.69, 9.17) is 0 Å². The smallest absolute Gasteiger partial charge is 0.276 e. The zero-order chi connectivity index (χ0) is 15.7. The maximum absolute atomic E-state index is 12.6. The summed E-state index contributed by atoms with van der Waals surface area (Å²) in [5.41, 5.74) is 3.13. The number of aliphatic hydroxyl groups excluding tert-OH is 1. The normalized spacial score (nSPS) is 18.0. The van der Waals surface area contributed by atoms with E-state index < -0.39 is 0 Å². The summed E-state index contributed by atoms with van der Waals surface area (Å²) in [6.45, 7) is 4.53. The van der Waals surface area contributed by atoms with E-state index in [1.165, 1.54) is 5.56 Å². The fourth-order valence-corrected chi connectivity index (χ4v) is 2.89. The van der Waals surface area contributed by atoms with Crippen LogP contribution in [0, 0.1) is 13.8 Å². The van der Waals surface area contributed by atoms with Crippen molar-refractivity contribution in [1.29, 1.82) is 0 Å². The highest BCUT2D eigenvalue weighted by Crippen LogP contribution is 2.21. The zero-order valence-electron chi connectivity index (χ0n) is 12.9. The van der Waals surface area contributed by atoms with E-state index in [0.717, 1.165) is 24.2 Å². The third kappa shape index (κ3) is 2.50. The summed E-state index contributed by atoms with van der Waals surface area (Å²) in [7, 11) is 0. The number of nitrogens with zero attached hydrogens (tertiary/aromatic N) is 4. The average Bonchev–Trinajstić information content (AvgIpc) is 3.14. The number of benzene rings is 1. The summed E-state index contributed by atoms with van der Waals surface area (Å²) in [5, 5.41) is 17.6. The molecule has 0 bridgehead atoms. The van der Waals surface area contributed by atoms with Gasteiger partial charge in [0, 0.05) is 6.54 Å². The van der Waals surface area contributed by atoms with E-state index in [2.05, 4.69) is 10.3 Å². The van der Waals surface area contributed by atoms with Crippen molar-refractivity contribution in [3.05, 3.63) is 41.2 Å². The Bertz CT molecular complexity index is 678. The van der Waals surface area contributed by atoms with Crippen LogP contribution in [0.25, 0.3) is 5.69 Å². The van der Waals surface area contributed by atoms with E-state index in [1.807, 2.05) is 38.1 Å². The van der Waals surface area contributed by atoms with Crippen LogP contribution in [0.3, 0.4) is 0 Å². The Labute approximate surface area is 129 Å². The van der Waals surface area contributed by atoms with Crippen LogP contribution in [-0.2, 0) is 0 Å². The molecule has 1 saturated heterocycles. The molecule has 1 amide bonds. The van der Waals surface area contributed by atoms with Gasteiger partial charge in [0.05, 0.1) is 24.0 Å². The maximum Gasteiger partial charge on any atom is 0.276 e. The summed E-state index contributed by atoms with van der Waals surface area (Å²) >= 11 is 0. The highest BCUT2D eigenvalue weighted by molar-refractivity contribution is 5.93. The Morgan fingerprint density at radius 2 is 2.05 bits per heavy atom. The Kier molecular flexibility index (Phi) is 3.94. The Hall–Kier alpha value is -2.21. The quantitative estimate of drug-likeness (QED) is 0.932. The molecule has 116 valence electrons. The lowest BCUT2D eigenvalue weighted by atomic mass is 10.2. The van der Waals surface area contributed by atoms with Crippen LogP contribution in [0.5, 0.6) is 0 Å². The van der Waals surface area contributed by atoms with Crippen molar-refractivity contribution in [3.63, 3.8) is 0 Å². The van der Waals surface area contributed by atoms with Gasteiger partial charge in [-0.2, -0.15) is 0 Å². The van der Waals surface area contributed by atoms with Gasteiger partial charge in [0.15, 0.2) is 5.69 Å². The number of aromatic nitrogens is 3. The van der Waals surface area contributed by atoms with Gasteiger partial charge in [0.1, 0.15) is 0 Å². The highest BCUT2D eigenvalue weighted by Gasteiger charge is 2.31. The van der Waals surface area contributed by atoms with Crippen LogP contribution in [0.2, 0.25) is 0 Å². The molecule has 22 heavy (non-hydrogen) atoms. The van der Waals surface area contributed by atoms with Crippen molar-refractivity contribution in [2.24, 2.45) is 0 Å². The third-order valence-corrected chi connectivity index (χ3v) is 4.22. The van der Waals surface area contributed by atoms with Crippen molar-refractivity contribution in [2.45, 2.75) is 32.7 Å². The molecule has 0 aliphatic carbocycles. The molecule has 1 N–H and O–H groups in total. The molecule has 1 aromatic carbocycles. The summed E-state index contributed by atoms with van der Waals surface area (Å²) in [4.78, 5) is 14.3. The molecule has 2 aromatic rings. The molecule has 0 unspecified atom stereocenters. The molecular weight excluding hydrogens is 280 g/mol. The van der Waals surface area contributed by atoms with Gasteiger partial charge < -0.3 is 10.0 Å². The molecule has 0 radical (unpaired) electrons. The van der Waals surface area contributed by atoms with Crippen molar-refractivity contribution >= 4 is 5.91 Å². The Morgan fingerprint density at radius 1 is 1.32 bits per heavy atom. The number of amides is 1. The number of aliphatic hydroxyl groups is 1. The number of rotatable bonds is 3. The van der Waals surface area contributed by atoms with Crippen molar-refractivity contribution < 1.29 is 9.90 Å². The molecule has 1 fully saturated rings. The molecule has 1 aromatic heterocycles. The van der Waals surface area contributed by atoms with E-state index >= 15 is 0 Å². The second-order valence-electron chi connectivity index (χ2n) is 5.75. The minimum Gasteiger partial charge on any atom is -0.394 e. The number of carbonyl (C=O) groups excluding carboxylic acids is 1. The second-order valence-corrected chi connectivity index (χ2v) is 5.75. The van der Waals surface area contributed by atoms with Gasteiger partial charge in [-0.25, -0.2) is 4.68 Å². The first-order chi connectivity index (χ1) is 10.6. The van der Waals surface area contributed by atoms with Crippen LogP contribution in [0.4, 0.5) is 0 Å². The standard InChI is InChI=1S/C16H20N4O2/c1-11-5-7-13(8-6-11)20-12(2)15(17-18-20)16(22)19-9-3-4-14(19)10-21/h5-8,14,21H,3-4,9-10H2,1-2H3/t14-/m1/s1. The molecule has 0 saturated carbocycles. The minimum atomic E-state index is -0.146. The monoisotopic (exact) mass is 300 g/mol. The van der Waals surface area contributed by atoms with Crippen LogP contribution in [-0.4, -0.2) is 50.1 Å². The van der Waals surface area contributed by atoms with E-state index in [1.54, 1.807) is 9.58 Å². The summed E-state index contributed by atoms with van der Waals surface area (Å²) in [5.74, 6) is -0.146. The van der Waals surface area contributed by atoms with Gasteiger partial charge in [0.2, 0.25) is 0 Å². The van der Waals surface area contributed by atoms with E-state index in [0.29, 0.717) is 12.2 Å². The van der Waals surface area contributed by atoms with Gasteiger partial charge >= 0.3 is 0 Å². The van der Waals surface area contributed by atoms with Gasteiger partial charge in [-0.1, -0.05) is 22.9 Å². The minimum absolute atomic E-state index is 0.00309. The number of carbonyl (C=O) groups is 1. The molecule has 1 aliphatic rings. The largest absolute Gasteiger partial charge is 0.394 e. The molecule has 3 rings (SSSR count). The summed E-state index contributed by atoms with van der Waals surface area (Å²) in [6, 6.07) is 7.81. The van der Waals surface area contributed by atoms with Crippen LogP contribution < -0.4 is 0 Å². The van der Waals surface area contributed by atoms with Gasteiger partial charge in [-0.15, -0.1) is 5.10 Å². The highest BCUT2D eigenvalue weighted by atomic mass is 16.3. The van der Waals surface area contributed by atoms with Crippen LogP contribution >= 0.6 is 0 Å². The number of hydrogen-bond donors (Lipinski definition) is 1. The average molecular weight is 300 g/mol. The van der Waals surface area contributed by atoms with Gasteiger partial charge in [-0.3, -0.25) is 4.79 Å². The first-order valence-electron chi connectivity index (χ1n) is 7.53. The van der Waals surface area contributed by atoms with Gasteiger partial charge in [-0.05, 0) is 38.8 Å². The van der Waals surface area contributed by atoms with Crippen LogP contribution in [0.1, 0.15) is 34.6 Å². The molecule has 6 nitrogen and oxygen atoms in total.